The van der Waals surface area contributed by atoms with Gasteiger partial charge >= 0.3 is 12.2 Å². The average molecular weight is 424 g/mol. The lowest BCUT2D eigenvalue weighted by molar-refractivity contribution is -0.137. The van der Waals surface area contributed by atoms with Gasteiger partial charge in [-0.05, 0) is 36.5 Å². The van der Waals surface area contributed by atoms with Gasteiger partial charge in [0.2, 0.25) is 5.91 Å². The molecular weight excluding hydrogens is 397 g/mol. The van der Waals surface area contributed by atoms with Crippen LogP contribution in [0.2, 0.25) is 0 Å². The molecule has 0 aliphatic carbocycles. The molecule has 6 nitrogen and oxygen atoms in total. The zero-order chi connectivity index (χ0) is 22.3. The number of amides is 3. The van der Waals surface area contributed by atoms with Gasteiger partial charge in [0, 0.05) is 38.8 Å². The zero-order valence-corrected chi connectivity index (χ0v) is 17.2. The molecule has 1 aromatic carbocycles. The number of urea groups is 1. The molecule has 1 aliphatic rings. The number of rotatable bonds is 6. The van der Waals surface area contributed by atoms with Crippen LogP contribution in [-0.2, 0) is 11.0 Å². The van der Waals surface area contributed by atoms with Crippen LogP contribution in [0.15, 0.2) is 24.3 Å². The number of nitrogens with zero attached hydrogens (tertiary/aromatic N) is 3. The summed E-state index contributed by atoms with van der Waals surface area (Å²) in [5.41, 5.74) is -0.719. The van der Waals surface area contributed by atoms with Gasteiger partial charge in [-0.3, -0.25) is 4.79 Å². The van der Waals surface area contributed by atoms with Crippen molar-refractivity contribution in [3.8, 4) is 6.07 Å². The molecule has 1 fully saturated rings. The van der Waals surface area contributed by atoms with Crippen LogP contribution in [0, 0.1) is 23.2 Å². The van der Waals surface area contributed by atoms with Gasteiger partial charge in [-0.25, -0.2) is 4.79 Å². The number of nitriles is 1. The summed E-state index contributed by atoms with van der Waals surface area (Å²) in [5.74, 6) is 0.236. The number of piperidine rings is 1. The Morgan fingerprint density at radius 1 is 1.33 bits per heavy atom. The lowest BCUT2D eigenvalue weighted by Gasteiger charge is -2.38. The molecule has 9 heteroatoms. The standard InChI is InChI=1S/C21H27F3N4O2/c1-3-15-14-28(11-8-16(15)12-19(29)27(2)10-5-9-25)20(30)26-18-7-4-6-17(13-18)21(22,23)24/h4,6-7,13,15-16H,3,5,8,10-12,14H2,1-2H3,(H,26,30)/t15-,16+/m1/s1. The molecule has 0 saturated carbocycles. The van der Waals surface area contributed by atoms with Crippen molar-refractivity contribution in [3.63, 3.8) is 0 Å². The topological polar surface area (TPSA) is 76.4 Å². The van der Waals surface area contributed by atoms with E-state index in [1.807, 2.05) is 13.0 Å². The molecule has 164 valence electrons. The van der Waals surface area contributed by atoms with Gasteiger partial charge < -0.3 is 15.1 Å². The number of alkyl halides is 3. The minimum absolute atomic E-state index is 0.0180. The predicted octanol–water partition coefficient (Wildman–Crippen LogP) is 4.35. The summed E-state index contributed by atoms with van der Waals surface area (Å²) in [6.07, 6.45) is -2.39. The highest BCUT2D eigenvalue weighted by Crippen LogP contribution is 2.32. The summed E-state index contributed by atoms with van der Waals surface area (Å²) in [7, 11) is 1.68. The minimum Gasteiger partial charge on any atom is -0.345 e. The maximum absolute atomic E-state index is 12.9. The van der Waals surface area contributed by atoms with E-state index in [9.17, 15) is 22.8 Å². The van der Waals surface area contributed by atoms with E-state index in [0.29, 0.717) is 32.5 Å². The molecule has 0 unspecified atom stereocenters. The number of halogens is 3. The Balaban J connectivity index is 1.95. The maximum Gasteiger partial charge on any atom is 0.416 e. The maximum atomic E-state index is 12.9. The van der Waals surface area contributed by atoms with E-state index in [2.05, 4.69) is 5.32 Å². The lowest BCUT2D eigenvalue weighted by Crippen LogP contribution is -2.46. The van der Waals surface area contributed by atoms with Gasteiger partial charge in [-0.2, -0.15) is 18.4 Å². The molecule has 0 spiro atoms. The van der Waals surface area contributed by atoms with Crippen LogP contribution in [0.25, 0.3) is 0 Å². The Hall–Kier alpha value is -2.76. The Labute approximate surface area is 174 Å². The summed E-state index contributed by atoms with van der Waals surface area (Å²) in [6.45, 7) is 3.27. The van der Waals surface area contributed by atoms with Crippen molar-refractivity contribution >= 4 is 17.6 Å². The fraction of sp³-hybridized carbons (Fsp3) is 0.571. The van der Waals surface area contributed by atoms with E-state index in [1.165, 1.54) is 12.1 Å². The molecular formula is C21H27F3N4O2. The van der Waals surface area contributed by atoms with E-state index >= 15 is 0 Å². The molecule has 3 amide bonds. The molecule has 1 saturated heterocycles. The first-order chi connectivity index (χ1) is 14.2. The second-order valence-electron chi connectivity index (χ2n) is 7.60. The number of likely N-dealkylation sites (tertiary alicyclic amines) is 1. The van der Waals surface area contributed by atoms with Crippen molar-refractivity contribution < 1.29 is 22.8 Å². The van der Waals surface area contributed by atoms with Crippen molar-refractivity contribution in [2.45, 2.75) is 38.8 Å². The van der Waals surface area contributed by atoms with Gasteiger partial charge in [-0.15, -0.1) is 0 Å². The number of anilines is 1. The highest BCUT2D eigenvalue weighted by molar-refractivity contribution is 5.89. The van der Waals surface area contributed by atoms with Crippen molar-refractivity contribution in [3.05, 3.63) is 29.8 Å². The van der Waals surface area contributed by atoms with Gasteiger partial charge in [0.1, 0.15) is 0 Å². The Bertz CT molecular complexity index is 791. The van der Waals surface area contributed by atoms with Crippen LogP contribution in [-0.4, -0.2) is 48.4 Å². The third-order valence-electron chi connectivity index (χ3n) is 5.57. The largest absolute Gasteiger partial charge is 0.416 e. The molecule has 1 aromatic rings. The van der Waals surface area contributed by atoms with Crippen LogP contribution < -0.4 is 5.32 Å². The second-order valence-corrected chi connectivity index (χ2v) is 7.60. The van der Waals surface area contributed by atoms with E-state index in [1.54, 1.807) is 16.8 Å². The summed E-state index contributed by atoms with van der Waals surface area (Å²) in [4.78, 5) is 28.1. The van der Waals surface area contributed by atoms with E-state index < -0.39 is 17.8 Å². The fourth-order valence-corrected chi connectivity index (χ4v) is 3.69. The van der Waals surface area contributed by atoms with Crippen LogP contribution in [0.4, 0.5) is 23.7 Å². The van der Waals surface area contributed by atoms with E-state index in [0.717, 1.165) is 18.6 Å². The normalized spacial score (nSPS) is 19.1. The zero-order valence-electron chi connectivity index (χ0n) is 17.2. The molecule has 0 radical (unpaired) electrons. The molecule has 0 aromatic heterocycles. The third-order valence-corrected chi connectivity index (χ3v) is 5.57. The van der Waals surface area contributed by atoms with Crippen LogP contribution in [0.1, 0.15) is 38.2 Å². The highest BCUT2D eigenvalue weighted by Gasteiger charge is 2.33. The van der Waals surface area contributed by atoms with Crippen molar-refractivity contribution in [2.75, 3.05) is 32.0 Å². The fourth-order valence-electron chi connectivity index (χ4n) is 3.69. The number of carbonyl (C=O) groups is 2. The summed E-state index contributed by atoms with van der Waals surface area (Å²) in [6, 6.07) is 6.13. The lowest BCUT2D eigenvalue weighted by atomic mass is 9.81. The Kier molecular flexibility index (Phi) is 8.09. The number of hydrogen-bond donors (Lipinski definition) is 1. The third kappa shape index (κ3) is 6.37. The highest BCUT2D eigenvalue weighted by atomic mass is 19.4. The predicted molar refractivity (Wildman–Crippen MR) is 106 cm³/mol. The second kappa shape index (κ2) is 10.3. The first kappa shape index (κ1) is 23.5. The molecule has 1 aliphatic heterocycles. The minimum atomic E-state index is -4.47. The van der Waals surface area contributed by atoms with Gasteiger partial charge in [0.25, 0.3) is 0 Å². The van der Waals surface area contributed by atoms with Gasteiger partial charge in [0.05, 0.1) is 18.1 Å². The van der Waals surface area contributed by atoms with E-state index in [4.69, 9.17) is 5.26 Å². The van der Waals surface area contributed by atoms with Gasteiger partial charge in [-0.1, -0.05) is 19.4 Å². The van der Waals surface area contributed by atoms with Crippen LogP contribution in [0.5, 0.6) is 0 Å². The molecule has 2 atom stereocenters. The first-order valence-electron chi connectivity index (χ1n) is 9.99. The van der Waals surface area contributed by atoms with Crippen LogP contribution >= 0.6 is 0 Å². The summed E-state index contributed by atoms with van der Waals surface area (Å²) >= 11 is 0. The first-order valence-corrected chi connectivity index (χ1v) is 9.99. The van der Waals surface area contributed by atoms with Crippen LogP contribution in [0.3, 0.4) is 0 Å². The number of benzene rings is 1. The Morgan fingerprint density at radius 2 is 2.07 bits per heavy atom. The monoisotopic (exact) mass is 424 g/mol. The average Bonchev–Trinajstić information content (AvgIpc) is 2.71. The van der Waals surface area contributed by atoms with Gasteiger partial charge in [0.15, 0.2) is 0 Å². The molecule has 1 heterocycles. The number of nitrogens with one attached hydrogen (secondary N) is 1. The molecule has 1 N–H and O–H groups in total. The summed E-state index contributed by atoms with van der Waals surface area (Å²) < 4.78 is 38.6. The quantitative estimate of drug-likeness (QED) is 0.738. The number of hydrogen-bond acceptors (Lipinski definition) is 3. The Morgan fingerprint density at radius 3 is 2.70 bits per heavy atom. The molecule has 0 bridgehead atoms. The van der Waals surface area contributed by atoms with Crippen molar-refractivity contribution in [1.29, 1.82) is 5.26 Å². The van der Waals surface area contributed by atoms with Crippen molar-refractivity contribution in [2.24, 2.45) is 11.8 Å². The number of carbonyl (C=O) groups excluding carboxylic acids is 2. The molecule has 30 heavy (non-hydrogen) atoms. The summed E-state index contributed by atoms with van der Waals surface area (Å²) in [5, 5.41) is 11.2. The SMILES string of the molecule is CC[C@@H]1CN(C(=O)Nc2cccc(C(F)(F)F)c2)CC[C@H]1CC(=O)N(C)CCC#N. The molecule has 2 rings (SSSR count). The van der Waals surface area contributed by atoms with Crippen molar-refractivity contribution in [1.82, 2.24) is 9.80 Å². The van der Waals surface area contributed by atoms with E-state index in [-0.39, 0.29) is 29.9 Å². The smallest absolute Gasteiger partial charge is 0.345 e.